The Morgan fingerprint density at radius 1 is 1.29 bits per heavy atom. The van der Waals surface area contributed by atoms with Crippen LogP contribution in [0.3, 0.4) is 0 Å². The second kappa shape index (κ2) is 9.72. The Kier molecular flexibility index (Phi) is 7.36. The van der Waals surface area contributed by atoms with Crippen molar-refractivity contribution in [3.63, 3.8) is 0 Å². The maximum Gasteiger partial charge on any atom is 0.271 e. The van der Waals surface area contributed by atoms with Crippen molar-refractivity contribution in [1.82, 2.24) is 4.57 Å². The van der Waals surface area contributed by atoms with Crippen LogP contribution in [0.2, 0.25) is 0 Å². The van der Waals surface area contributed by atoms with E-state index in [1.54, 1.807) is 24.3 Å². The van der Waals surface area contributed by atoms with Crippen molar-refractivity contribution < 1.29 is 19.4 Å². The SMILES string of the molecule is CCCCOc1ccccc1C(=O)c1c(C)c(C#N)c(=O)n(CCOC)c1O. The van der Waals surface area contributed by atoms with Crippen LogP contribution in [0.1, 0.15) is 46.8 Å². The minimum atomic E-state index is -0.654. The van der Waals surface area contributed by atoms with Gasteiger partial charge in [0.2, 0.25) is 11.7 Å². The van der Waals surface area contributed by atoms with Crippen LogP contribution in [0, 0.1) is 18.3 Å². The molecule has 1 heterocycles. The number of benzene rings is 1. The lowest BCUT2D eigenvalue weighted by Gasteiger charge is -2.16. The predicted molar refractivity (Wildman–Crippen MR) is 104 cm³/mol. The third-order valence-electron chi connectivity index (χ3n) is 4.43. The van der Waals surface area contributed by atoms with Crippen LogP contribution in [0.25, 0.3) is 0 Å². The number of carbonyl (C=O) groups excluding carboxylic acids is 1. The van der Waals surface area contributed by atoms with Gasteiger partial charge in [0.05, 0.1) is 30.9 Å². The number of carbonyl (C=O) groups is 1. The van der Waals surface area contributed by atoms with Crippen molar-refractivity contribution in [3.05, 3.63) is 56.9 Å². The quantitative estimate of drug-likeness (QED) is 0.527. The molecule has 0 saturated heterocycles. The molecule has 1 aromatic carbocycles. The lowest BCUT2D eigenvalue weighted by molar-refractivity contribution is 0.102. The van der Waals surface area contributed by atoms with E-state index >= 15 is 0 Å². The summed E-state index contributed by atoms with van der Waals surface area (Å²) in [5.74, 6) is -0.593. The number of ether oxygens (including phenoxy) is 2. The predicted octanol–water partition coefficient (Wildman–Crippen LogP) is 2.79. The van der Waals surface area contributed by atoms with Gasteiger partial charge < -0.3 is 14.6 Å². The highest BCUT2D eigenvalue weighted by atomic mass is 16.5. The number of pyridine rings is 1. The molecular weight excluding hydrogens is 360 g/mol. The Labute approximate surface area is 163 Å². The van der Waals surface area contributed by atoms with Crippen LogP contribution >= 0.6 is 0 Å². The summed E-state index contributed by atoms with van der Waals surface area (Å²) >= 11 is 0. The van der Waals surface area contributed by atoms with Gasteiger partial charge in [-0.1, -0.05) is 25.5 Å². The summed E-state index contributed by atoms with van der Waals surface area (Å²) in [6.45, 7) is 4.14. The Morgan fingerprint density at radius 2 is 2.00 bits per heavy atom. The van der Waals surface area contributed by atoms with E-state index in [9.17, 15) is 20.0 Å². The zero-order chi connectivity index (χ0) is 20.7. The molecule has 0 fully saturated rings. The minimum Gasteiger partial charge on any atom is -0.494 e. The number of hydrogen-bond donors (Lipinski definition) is 1. The van der Waals surface area contributed by atoms with Gasteiger partial charge in [-0.05, 0) is 31.0 Å². The fourth-order valence-electron chi connectivity index (χ4n) is 2.85. The zero-order valence-corrected chi connectivity index (χ0v) is 16.3. The highest BCUT2D eigenvalue weighted by Gasteiger charge is 2.26. The molecule has 7 heteroatoms. The first-order valence-electron chi connectivity index (χ1n) is 9.09. The summed E-state index contributed by atoms with van der Waals surface area (Å²) in [5.41, 5.74) is -0.510. The maximum atomic E-state index is 13.3. The van der Waals surface area contributed by atoms with Gasteiger partial charge in [-0.2, -0.15) is 5.26 Å². The molecule has 0 amide bonds. The normalized spacial score (nSPS) is 10.5. The van der Waals surface area contributed by atoms with E-state index < -0.39 is 17.2 Å². The lowest BCUT2D eigenvalue weighted by atomic mass is 9.96. The van der Waals surface area contributed by atoms with Crippen LogP contribution in [0.5, 0.6) is 11.6 Å². The second-order valence-corrected chi connectivity index (χ2v) is 6.29. The molecule has 0 atom stereocenters. The number of ketones is 1. The van der Waals surface area contributed by atoms with Crippen LogP contribution in [0.15, 0.2) is 29.1 Å². The Hall–Kier alpha value is -3.11. The molecule has 148 valence electrons. The van der Waals surface area contributed by atoms with Gasteiger partial charge in [0.1, 0.15) is 17.4 Å². The zero-order valence-electron chi connectivity index (χ0n) is 16.3. The fourth-order valence-corrected chi connectivity index (χ4v) is 2.85. The van der Waals surface area contributed by atoms with Crippen molar-refractivity contribution >= 4 is 5.78 Å². The van der Waals surface area contributed by atoms with E-state index in [-0.39, 0.29) is 35.4 Å². The van der Waals surface area contributed by atoms with Crippen molar-refractivity contribution in [3.8, 4) is 17.7 Å². The molecule has 0 aliphatic carbocycles. The largest absolute Gasteiger partial charge is 0.494 e. The number of para-hydroxylation sites is 1. The molecule has 1 N–H and O–H groups in total. The third kappa shape index (κ3) is 4.24. The summed E-state index contributed by atoms with van der Waals surface area (Å²) in [5, 5.41) is 20.1. The molecule has 0 bridgehead atoms. The highest BCUT2D eigenvalue weighted by molar-refractivity contribution is 6.13. The number of aromatic hydroxyl groups is 1. The molecule has 0 radical (unpaired) electrons. The first-order chi connectivity index (χ1) is 13.5. The molecule has 0 aliphatic heterocycles. The van der Waals surface area contributed by atoms with Crippen molar-refractivity contribution in [2.24, 2.45) is 0 Å². The standard InChI is InChI=1S/C21H24N2O5/c1-4-5-11-28-17-9-7-6-8-15(17)19(24)18-14(2)16(13-22)20(25)23(21(18)26)10-12-27-3/h6-9,26H,4-5,10-12H2,1-3H3. The minimum absolute atomic E-state index is 0.0189. The Morgan fingerprint density at radius 3 is 2.64 bits per heavy atom. The van der Waals surface area contributed by atoms with E-state index in [1.165, 1.54) is 14.0 Å². The van der Waals surface area contributed by atoms with Gasteiger partial charge in [0, 0.05) is 7.11 Å². The average Bonchev–Trinajstić information content (AvgIpc) is 2.68. The van der Waals surface area contributed by atoms with Gasteiger partial charge >= 0.3 is 0 Å². The van der Waals surface area contributed by atoms with Crippen molar-refractivity contribution in [2.45, 2.75) is 33.2 Å². The first-order valence-corrected chi connectivity index (χ1v) is 9.09. The van der Waals surface area contributed by atoms with Gasteiger partial charge in [-0.15, -0.1) is 0 Å². The summed E-state index contributed by atoms with van der Waals surface area (Å²) < 4.78 is 11.7. The smallest absolute Gasteiger partial charge is 0.271 e. The molecule has 1 aromatic heterocycles. The van der Waals surface area contributed by atoms with Gasteiger partial charge in [-0.25, -0.2) is 0 Å². The van der Waals surface area contributed by atoms with Gasteiger partial charge in [0.15, 0.2) is 0 Å². The van der Waals surface area contributed by atoms with Crippen LogP contribution in [0.4, 0.5) is 0 Å². The lowest BCUT2D eigenvalue weighted by Crippen LogP contribution is -2.28. The Bertz CT molecular complexity index is 956. The number of methoxy groups -OCH3 is 1. The summed E-state index contributed by atoms with van der Waals surface area (Å²) in [6.07, 6.45) is 1.79. The average molecular weight is 384 g/mol. The van der Waals surface area contributed by atoms with Crippen LogP contribution < -0.4 is 10.3 Å². The van der Waals surface area contributed by atoms with Crippen LogP contribution in [-0.4, -0.2) is 35.8 Å². The number of nitrogens with zero attached hydrogens (tertiary/aromatic N) is 2. The van der Waals surface area contributed by atoms with E-state index in [0.29, 0.717) is 12.4 Å². The summed E-state index contributed by atoms with van der Waals surface area (Å²) in [6, 6.07) is 8.57. The number of hydrogen-bond acceptors (Lipinski definition) is 6. The second-order valence-electron chi connectivity index (χ2n) is 6.29. The third-order valence-corrected chi connectivity index (χ3v) is 4.43. The van der Waals surface area contributed by atoms with E-state index in [0.717, 1.165) is 17.4 Å². The first kappa shape index (κ1) is 21.2. The Balaban J connectivity index is 2.61. The van der Waals surface area contributed by atoms with Crippen molar-refractivity contribution in [2.75, 3.05) is 20.3 Å². The monoisotopic (exact) mass is 384 g/mol. The van der Waals surface area contributed by atoms with E-state index in [1.807, 2.05) is 13.0 Å². The molecule has 0 unspecified atom stereocenters. The number of aromatic nitrogens is 1. The number of unbranched alkanes of at least 4 members (excludes halogenated alkanes) is 1. The molecule has 0 aliphatic rings. The molecule has 7 nitrogen and oxygen atoms in total. The molecule has 28 heavy (non-hydrogen) atoms. The maximum absolute atomic E-state index is 13.3. The van der Waals surface area contributed by atoms with Gasteiger partial charge in [0.25, 0.3) is 5.56 Å². The molecular formula is C21H24N2O5. The van der Waals surface area contributed by atoms with E-state index in [4.69, 9.17) is 9.47 Å². The molecule has 0 spiro atoms. The fraction of sp³-hybridized carbons (Fsp3) is 0.381. The topological polar surface area (TPSA) is 102 Å². The van der Waals surface area contributed by atoms with Crippen LogP contribution in [-0.2, 0) is 11.3 Å². The number of rotatable bonds is 9. The summed E-state index contributed by atoms with van der Waals surface area (Å²) in [4.78, 5) is 25.7. The van der Waals surface area contributed by atoms with E-state index in [2.05, 4.69) is 0 Å². The number of nitriles is 1. The van der Waals surface area contributed by atoms with Gasteiger partial charge in [-0.3, -0.25) is 14.2 Å². The molecule has 2 aromatic rings. The summed E-state index contributed by atoms with van der Waals surface area (Å²) in [7, 11) is 1.46. The highest BCUT2D eigenvalue weighted by Crippen LogP contribution is 2.29. The molecule has 0 saturated carbocycles. The van der Waals surface area contributed by atoms with Crippen molar-refractivity contribution in [1.29, 1.82) is 5.26 Å². The molecule has 2 rings (SSSR count).